The minimum atomic E-state index is -0.116. The van der Waals surface area contributed by atoms with Crippen LogP contribution in [-0.4, -0.2) is 104 Å². The smallest absolute Gasteiger partial charge is 0.344 e. The first-order chi connectivity index (χ1) is 25.6. The van der Waals surface area contributed by atoms with Gasteiger partial charge >= 0.3 is 11.9 Å². The van der Waals surface area contributed by atoms with Crippen LogP contribution in [-0.2, 0) is 0 Å². The molecule has 11 heteroatoms. The van der Waals surface area contributed by atoms with E-state index in [0.29, 0.717) is 33.0 Å². The van der Waals surface area contributed by atoms with Crippen LogP contribution in [0.15, 0.2) is 133 Å². The van der Waals surface area contributed by atoms with Gasteiger partial charge in [-0.3, -0.25) is 40.0 Å². The summed E-state index contributed by atoms with van der Waals surface area (Å²) in [5.74, 6) is 1.08. The molecular weight excluding hydrogens is 693 g/mol. The third kappa shape index (κ3) is 12.2. The molecule has 0 aliphatic heterocycles. The summed E-state index contributed by atoms with van der Waals surface area (Å²) >= 11 is 0. The number of benzene rings is 6. The van der Waals surface area contributed by atoms with Crippen LogP contribution in [0.1, 0.15) is 31.8 Å². The van der Waals surface area contributed by atoms with E-state index in [1.54, 1.807) is 60.7 Å². The second-order valence-electron chi connectivity index (χ2n) is 13.0. The van der Waals surface area contributed by atoms with Gasteiger partial charge in [-0.05, 0) is 21.5 Å². The van der Waals surface area contributed by atoms with Gasteiger partial charge in [0.15, 0.2) is 11.6 Å². The van der Waals surface area contributed by atoms with Crippen molar-refractivity contribution in [2.75, 3.05) is 56.4 Å². The minimum absolute atomic E-state index is 0. The predicted octanol–water partition coefficient (Wildman–Crippen LogP) is 3.73. The Balaban J connectivity index is 0.000000273. The van der Waals surface area contributed by atoms with Crippen molar-refractivity contribution < 1.29 is 34.4 Å². The Kier molecular flexibility index (Phi) is 17.0. The lowest BCUT2D eigenvalue weighted by Gasteiger charge is -2.13. The van der Waals surface area contributed by atoms with E-state index in [0.717, 1.165) is 22.7 Å². The summed E-state index contributed by atoms with van der Waals surface area (Å²) in [5, 5.41) is 26.6. The highest BCUT2D eigenvalue weighted by molar-refractivity contribution is 6.18. The Morgan fingerprint density at radius 2 is 0.764 bits per heavy atom. The van der Waals surface area contributed by atoms with Crippen LogP contribution in [0.25, 0.3) is 21.5 Å². The van der Waals surface area contributed by atoms with Crippen LogP contribution in [0.3, 0.4) is 0 Å². The molecule has 0 aliphatic rings. The molecule has 6 aromatic rings. The number of fused-ring (bicyclic) bond motifs is 2. The maximum Gasteiger partial charge on any atom is 0.344 e. The standard InChI is InChI=1S/2C17H12O2.2C5H13N3.H2O/c2*18-15-11-5-9-12-8-4-10-14(16(12)15)17(19)13-6-2-1-3-7-13;2*1-7(2)5(6)8(3)4;/h2*1-11,18H;2*6H,1-4H3;1H2. The first-order valence-electron chi connectivity index (χ1n) is 17.2. The highest BCUT2D eigenvalue weighted by Crippen LogP contribution is 2.29. The lowest BCUT2D eigenvalue weighted by molar-refractivity contribution is -0.470. The first-order valence-corrected chi connectivity index (χ1v) is 17.2. The number of hydrogen-bond acceptors (Lipinski definition) is 4. The van der Waals surface area contributed by atoms with Crippen molar-refractivity contribution in [2.24, 2.45) is 11.5 Å². The molecule has 0 atom stereocenters. The van der Waals surface area contributed by atoms with Gasteiger partial charge in [0.25, 0.3) is 0 Å². The van der Waals surface area contributed by atoms with E-state index in [9.17, 15) is 19.8 Å². The zero-order valence-electron chi connectivity index (χ0n) is 32.8. The molecule has 11 nitrogen and oxygen atoms in total. The molecule has 0 aromatic heterocycles. The maximum absolute atomic E-state index is 12.5. The molecule has 55 heavy (non-hydrogen) atoms. The molecule has 0 amide bonds. The topological polar surface area (TPSA) is 176 Å². The fourth-order valence-electron chi connectivity index (χ4n) is 5.28. The molecule has 0 heterocycles. The van der Waals surface area contributed by atoms with Crippen molar-refractivity contribution in [3.8, 4) is 11.5 Å². The number of carbonyl (C=O) groups is 2. The number of nitrogens with two attached hydrogens (primary N) is 2. The fourth-order valence-corrected chi connectivity index (χ4v) is 5.28. The van der Waals surface area contributed by atoms with Crippen LogP contribution < -0.4 is 21.7 Å². The molecular formula is C44H52N6O5. The van der Waals surface area contributed by atoms with Crippen LogP contribution in [0.5, 0.6) is 11.5 Å². The van der Waals surface area contributed by atoms with Crippen molar-refractivity contribution in [1.82, 2.24) is 9.80 Å². The van der Waals surface area contributed by atoms with E-state index >= 15 is 0 Å². The highest BCUT2D eigenvalue weighted by atomic mass is 16.3. The molecule has 0 saturated carbocycles. The van der Waals surface area contributed by atoms with E-state index in [4.69, 9.17) is 11.5 Å². The Labute approximate surface area is 323 Å². The van der Waals surface area contributed by atoms with E-state index in [-0.39, 0.29) is 28.5 Å². The molecule has 0 fully saturated rings. The lowest BCUT2D eigenvalue weighted by atomic mass is 9.97. The number of carbonyl (C=O) groups excluding carboxylic acids is 2. The summed E-state index contributed by atoms with van der Waals surface area (Å²) in [6, 6.07) is 38.8. The van der Waals surface area contributed by atoms with Crippen LogP contribution in [0.4, 0.5) is 0 Å². The summed E-state index contributed by atoms with van der Waals surface area (Å²) in [5.41, 5.74) is 13.2. The summed E-state index contributed by atoms with van der Waals surface area (Å²) in [7, 11) is 15.3. The van der Waals surface area contributed by atoms with Gasteiger partial charge in [-0.2, -0.15) is 0 Å². The molecule has 6 N–H and O–H groups in total. The molecule has 0 spiro atoms. The zero-order valence-corrected chi connectivity index (χ0v) is 32.8. The molecule has 0 saturated heterocycles. The Bertz CT molecular complexity index is 2070. The predicted molar refractivity (Wildman–Crippen MR) is 220 cm³/mol. The highest BCUT2D eigenvalue weighted by Gasteiger charge is 2.13. The quantitative estimate of drug-likeness (QED) is 0.119. The normalized spacial score (nSPS) is 9.75. The first kappa shape index (κ1) is 44.4. The monoisotopic (exact) mass is 744 g/mol. The van der Waals surface area contributed by atoms with E-state index in [2.05, 4.69) is 0 Å². The Hall–Kier alpha value is -6.72. The number of hydrogen-bond donors (Lipinski definition) is 2. The van der Waals surface area contributed by atoms with Crippen LogP contribution in [0.2, 0.25) is 0 Å². The third-order valence-electron chi connectivity index (χ3n) is 8.13. The van der Waals surface area contributed by atoms with Crippen molar-refractivity contribution in [3.63, 3.8) is 0 Å². The SMILES string of the molecule is CN(C)C(N)=[N+](C)C.CN(C)C(N)=[N+](C)C.O.O=C(c1ccccc1)c1cccc2cccc([O-])c12.O=C(c1ccccc1)c1cccc2cccc([O-])c12. The van der Waals surface area contributed by atoms with Gasteiger partial charge in [0.1, 0.15) is 0 Å². The fraction of sp³-hybridized carbons (Fsp3) is 0.182. The molecule has 6 rings (SSSR count). The number of rotatable bonds is 4. The van der Waals surface area contributed by atoms with Gasteiger partial charge in [-0.25, -0.2) is 0 Å². The Morgan fingerprint density at radius 1 is 0.473 bits per heavy atom. The van der Waals surface area contributed by atoms with Crippen LogP contribution in [0, 0.1) is 0 Å². The van der Waals surface area contributed by atoms with Crippen molar-refractivity contribution in [1.29, 1.82) is 0 Å². The van der Waals surface area contributed by atoms with Crippen molar-refractivity contribution in [3.05, 3.63) is 156 Å². The molecule has 288 valence electrons. The second-order valence-corrected chi connectivity index (χ2v) is 13.0. The summed E-state index contributed by atoms with van der Waals surface area (Å²) in [6.45, 7) is 0. The molecule has 0 radical (unpaired) electrons. The summed E-state index contributed by atoms with van der Waals surface area (Å²) in [6.07, 6.45) is 0. The second kappa shape index (κ2) is 21.1. The van der Waals surface area contributed by atoms with Gasteiger partial charge in [0.05, 0.1) is 56.4 Å². The summed E-state index contributed by atoms with van der Waals surface area (Å²) in [4.78, 5) is 28.7. The summed E-state index contributed by atoms with van der Waals surface area (Å²) < 4.78 is 3.72. The van der Waals surface area contributed by atoms with E-state index < -0.39 is 0 Å². The lowest BCUT2D eigenvalue weighted by Crippen LogP contribution is -2.36. The largest absolute Gasteiger partial charge is 0.872 e. The molecule has 6 aromatic carbocycles. The zero-order chi connectivity index (χ0) is 39.9. The van der Waals surface area contributed by atoms with E-state index in [1.165, 1.54) is 12.1 Å². The van der Waals surface area contributed by atoms with Crippen molar-refractivity contribution >= 4 is 45.0 Å². The maximum atomic E-state index is 12.5. The number of nitrogens with zero attached hydrogens (tertiary/aromatic N) is 4. The van der Waals surface area contributed by atoms with Gasteiger partial charge in [-0.1, -0.05) is 133 Å². The van der Waals surface area contributed by atoms with Crippen molar-refractivity contribution in [2.45, 2.75) is 0 Å². The third-order valence-corrected chi connectivity index (χ3v) is 8.13. The molecule has 0 unspecified atom stereocenters. The minimum Gasteiger partial charge on any atom is -0.872 e. The van der Waals surface area contributed by atoms with Gasteiger partial charge in [0, 0.05) is 22.3 Å². The van der Waals surface area contributed by atoms with Gasteiger partial charge in [0.2, 0.25) is 0 Å². The molecule has 0 aliphatic carbocycles. The average molecular weight is 745 g/mol. The molecule has 0 bridgehead atoms. The van der Waals surface area contributed by atoms with Gasteiger partial charge < -0.3 is 15.7 Å². The van der Waals surface area contributed by atoms with E-state index in [1.807, 2.05) is 136 Å². The number of guanidine groups is 2. The average Bonchev–Trinajstić information content (AvgIpc) is 3.17. The van der Waals surface area contributed by atoms with Crippen LogP contribution >= 0.6 is 0 Å². The number of ketones is 2. The van der Waals surface area contributed by atoms with Gasteiger partial charge in [-0.15, -0.1) is 11.5 Å². The Morgan fingerprint density at radius 3 is 1.02 bits per heavy atom.